The number of furan rings is 2. The summed E-state index contributed by atoms with van der Waals surface area (Å²) in [4.78, 5) is 0. The van der Waals surface area contributed by atoms with E-state index in [4.69, 9.17) is 8.83 Å². The van der Waals surface area contributed by atoms with Gasteiger partial charge in [0.2, 0.25) is 0 Å². The van der Waals surface area contributed by atoms with Crippen molar-refractivity contribution in [2.24, 2.45) is 0 Å². The second-order valence-corrected chi connectivity index (χ2v) is 11.6. The van der Waals surface area contributed by atoms with Crippen molar-refractivity contribution in [2.75, 3.05) is 0 Å². The Hall–Kier alpha value is -5.86. The Morgan fingerprint density at radius 2 is 0.886 bits per heavy atom. The van der Waals surface area contributed by atoms with Crippen molar-refractivity contribution in [1.82, 2.24) is 0 Å². The van der Waals surface area contributed by atoms with Crippen molar-refractivity contribution in [1.29, 1.82) is 0 Å². The molecule has 0 aliphatic carbocycles. The van der Waals surface area contributed by atoms with Crippen molar-refractivity contribution in [3.05, 3.63) is 146 Å². The minimum Gasteiger partial charge on any atom is -0.456 e. The topological polar surface area (TPSA) is 26.3 Å². The fourth-order valence-corrected chi connectivity index (χ4v) is 7.29. The number of fused-ring (bicyclic) bond motifs is 9. The minimum absolute atomic E-state index is 0.907. The molecule has 0 bridgehead atoms. The van der Waals surface area contributed by atoms with Gasteiger partial charge in [0.1, 0.15) is 22.3 Å². The summed E-state index contributed by atoms with van der Waals surface area (Å²) in [6.45, 7) is 0. The zero-order valence-corrected chi connectivity index (χ0v) is 23.7. The van der Waals surface area contributed by atoms with Crippen LogP contribution in [0, 0.1) is 0 Å². The van der Waals surface area contributed by atoms with Crippen molar-refractivity contribution < 1.29 is 8.83 Å². The lowest BCUT2D eigenvalue weighted by atomic mass is 9.85. The molecule has 0 fully saturated rings. The summed E-state index contributed by atoms with van der Waals surface area (Å²) in [5, 5.41) is 11.8. The highest BCUT2D eigenvalue weighted by Gasteiger charge is 2.21. The van der Waals surface area contributed by atoms with Crippen LogP contribution in [0.1, 0.15) is 0 Å². The summed E-state index contributed by atoms with van der Waals surface area (Å²) in [7, 11) is 0. The maximum Gasteiger partial charge on any atom is 0.143 e. The van der Waals surface area contributed by atoms with E-state index in [-0.39, 0.29) is 0 Å². The molecule has 2 heteroatoms. The summed E-state index contributed by atoms with van der Waals surface area (Å²) >= 11 is 0. The maximum atomic E-state index is 6.73. The van der Waals surface area contributed by atoms with Crippen LogP contribution in [0.3, 0.4) is 0 Å². The van der Waals surface area contributed by atoms with E-state index in [1.807, 2.05) is 12.1 Å². The van der Waals surface area contributed by atoms with Crippen LogP contribution in [-0.4, -0.2) is 0 Å². The first-order valence-corrected chi connectivity index (χ1v) is 15.0. The Balaban J connectivity index is 1.31. The normalized spacial score (nSPS) is 12.1. The lowest BCUT2D eigenvalue weighted by Crippen LogP contribution is -1.91. The molecule has 0 saturated heterocycles. The van der Waals surface area contributed by atoms with Crippen LogP contribution in [-0.2, 0) is 0 Å². The van der Waals surface area contributed by atoms with Gasteiger partial charge in [-0.05, 0) is 73.8 Å². The van der Waals surface area contributed by atoms with E-state index in [2.05, 4.69) is 133 Å². The predicted octanol–water partition coefficient (Wildman–Crippen LogP) is 12.3. The van der Waals surface area contributed by atoms with Gasteiger partial charge in [0.25, 0.3) is 0 Å². The maximum absolute atomic E-state index is 6.73. The number of benzene rings is 8. The molecule has 44 heavy (non-hydrogen) atoms. The quantitative estimate of drug-likeness (QED) is 0.197. The van der Waals surface area contributed by atoms with E-state index in [1.54, 1.807) is 0 Å². The highest BCUT2D eigenvalue weighted by molar-refractivity contribution is 6.25. The van der Waals surface area contributed by atoms with Crippen LogP contribution in [0.4, 0.5) is 0 Å². The third-order valence-corrected chi connectivity index (χ3v) is 9.23. The van der Waals surface area contributed by atoms with Gasteiger partial charge in [0, 0.05) is 32.7 Å². The van der Waals surface area contributed by atoms with Gasteiger partial charge >= 0.3 is 0 Å². The van der Waals surface area contributed by atoms with E-state index >= 15 is 0 Å². The largest absolute Gasteiger partial charge is 0.456 e. The van der Waals surface area contributed by atoms with Gasteiger partial charge in [-0.15, -0.1) is 0 Å². The molecule has 0 N–H and O–H groups in total. The highest BCUT2D eigenvalue weighted by atomic mass is 16.3. The first kappa shape index (κ1) is 23.7. The smallest absolute Gasteiger partial charge is 0.143 e. The number of rotatable bonds is 2. The molecular weight excluding hydrogens is 536 g/mol. The third-order valence-electron chi connectivity index (χ3n) is 9.23. The summed E-state index contributed by atoms with van der Waals surface area (Å²) in [6, 6.07) is 51.9. The Kier molecular flexibility index (Phi) is 4.75. The van der Waals surface area contributed by atoms with E-state index in [1.165, 1.54) is 49.0 Å². The molecular formula is C42H24O2. The fraction of sp³-hybridized carbons (Fsp3) is 0. The minimum atomic E-state index is 0.907. The van der Waals surface area contributed by atoms with Gasteiger partial charge in [-0.2, -0.15) is 0 Å². The number of hydrogen-bond acceptors (Lipinski definition) is 2. The van der Waals surface area contributed by atoms with Crippen LogP contribution < -0.4 is 0 Å². The molecule has 0 atom stereocenters. The van der Waals surface area contributed by atoms with E-state index in [0.717, 1.165) is 49.4 Å². The van der Waals surface area contributed by atoms with Crippen LogP contribution in [0.2, 0.25) is 0 Å². The molecule has 10 aromatic rings. The summed E-state index contributed by atoms with van der Waals surface area (Å²) in [5.74, 6) is 0. The molecule has 0 unspecified atom stereocenters. The lowest BCUT2D eigenvalue weighted by Gasteiger charge is -2.18. The Morgan fingerprint density at radius 3 is 1.64 bits per heavy atom. The van der Waals surface area contributed by atoms with Gasteiger partial charge in [-0.1, -0.05) is 115 Å². The van der Waals surface area contributed by atoms with Crippen molar-refractivity contribution in [2.45, 2.75) is 0 Å². The van der Waals surface area contributed by atoms with Crippen LogP contribution in [0.15, 0.2) is 154 Å². The van der Waals surface area contributed by atoms with Gasteiger partial charge in [-0.3, -0.25) is 0 Å². The Bertz CT molecular complexity index is 2720. The molecule has 0 amide bonds. The summed E-state index contributed by atoms with van der Waals surface area (Å²) in [5.41, 5.74) is 8.37. The average molecular weight is 561 g/mol. The lowest BCUT2D eigenvalue weighted by molar-refractivity contribution is 0.669. The van der Waals surface area contributed by atoms with Crippen molar-refractivity contribution in [3.8, 4) is 22.3 Å². The van der Waals surface area contributed by atoms with Gasteiger partial charge < -0.3 is 8.83 Å². The molecule has 0 saturated carbocycles. The first-order chi connectivity index (χ1) is 21.8. The second kappa shape index (κ2) is 8.82. The molecule has 0 aliphatic rings. The molecule has 2 nitrogen and oxygen atoms in total. The SMILES string of the molecule is c1ccc2cc3c(cc2c1)oc1c(-c2c4ccccc4c(-c4ccc5oc6ccccc6c5c4)c4ccccc24)cccc13. The molecule has 0 radical (unpaired) electrons. The molecule has 10 rings (SSSR count). The van der Waals surface area contributed by atoms with Crippen LogP contribution in [0.5, 0.6) is 0 Å². The van der Waals surface area contributed by atoms with E-state index in [9.17, 15) is 0 Å². The highest BCUT2D eigenvalue weighted by Crippen LogP contribution is 2.47. The van der Waals surface area contributed by atoms with Gasteiger partial charge in [0.05, 0.1) is 0 Å². The standard InChI is InChI=1S/C42H24O2/c1-2-11-26-24-39-36(22-25(26)10-1)33-17-9-18-34(42(33)44-39)41-31-15-5-3-13-29(31)40(30-14-4-6-16-32(30)41)27-20-21-38-35(23-27)28-12-7-8-19-37(28)43-38/h1-24H. The molecule has 8 aromatic carbocycles. The zero-order chi connectivity index (χ0) is 28.8. The zero-order valence-electron chi connectivity index (χ0n) is 23.7. The van der Waals surface area contributed by atoms with E-state index < -0.39 is 0 Å². The van der Waals surface area contributed by atoms with E-state index in [0.29, 0.717) is 0 Å². The fourth-order valence-electron chi connectivity index (χ4n) is 7.29. The molecule has 2 aromatic heterocycles. The predicted molar refractivity (Wildman–Crippen MR) is 184 cm³/mol. The molecule has 2 heterocycles. The average Bonchev–Trinajstić information content (AvgIpc) is 3.63. The van der Waals surface area contributed by atoms with Crippen molar-refractivity contribution in [3.63, 3.8) is 0 Å². The molecule has 0 spiro atoms. The number of hydrogen-bond donors (Lipinski definition) is 0. The third kappa shape index (κ3) is 3.25. The summed E-state index contributed by atoms with van der Waals surface area (Å²) in [6.07, 6.45) is 0. The molecule has 204 valence electrons. The van der Waals surface area contributed by atoms with Crippen LogP contribution >= 0.6 is 0 Å². The van der Waals surface area contributed by atoms with Crippen LogP contribution in [0.25, 0.3) is 98.4 Å². The summed E-state index contributed by atoms with van der Waals surface area (Å²) < 4.78 is 12.9. The Labute approximate surface area is 252 Å². The second-order valence-electron chi connectivity index (χ2n) is 11.6. The van der Waals surface area contributed by atoms with Gasteiger partial charge in [0.15, 0.2) is 0 Å². The monoisotopic (exact) mass is 560 g/mol. The first-order valence-electron chi connectivity index (χ1n) is 15.0. The van der Waals surface area contributed by atoms with Crippen molar-refractivity contribution >= 4 is 76.2 Å². The molecule has 0 aliphatic heterocycles. The Morgan fingerprint density at radius 1 is 0.318 bits per heavy atom. The van der Waals surface area contributed by atoms with Gasteiger partial charge in [-0.25, -0.2) is 0 Å². The number of para-hydroxylation sites is 2.